The van der Waals surface area contributed by atoms with Crippen LogP contribution in [0.1, 0.15) is 18.6 Å². The Kier molecular flexibility index (Phi) is 5.50. The maximum Gasteiger partial charge on any atom is 0.251 e. The average molecular weight is 259 g/mol. The molecule has 0 aliphatic heterocycles. The third kappa shape index (κ3) is 3.92. The Morgan fingerprint density at radius 2 is 1.83 bits per heavy atom. The van der Waals surface area contributed by atoms with E-state index in [1.165, 1.54) is 4.90 Å². The van der Waals surface area contributed by atoms with Crippen molar-refractivity contribution in [2.24, 2.45) is 0 Å². The number of aliphatic hydroxyl groups is 1. The molecule has 0 aromatic heterocycles. The molecule has 0 aliphatic rings. The molecule has 2 unspecified atom stereocenters. The highest BCUT2D eigenvalue weighted by molar-refractivity contribution is 5.28. The molecule has 0 fully saturated rings. The quantitative estimate of drug-likeness (QED) is 0.851. The van der Waals surface area contributed by atoms with E-state index in [1.807, 2.05) is 0 Å². The molecule has 1 N–H and O–H groups in total. The zero-order valence-corrected chi connectivity index (χ0v) is 10.8. The van der Waals surface area contributed by atoms with Crippen LogP contribution in [0.5, 0.6) is 5.75 Å². The summed E-state index contributed by atoms with van der Waals surface area (Å²) in [7, 11) is 3.13. The summed E-state index contributed by atoms with van der Waals surface area (Å²) in [6.45, 7) is 1.37. The van der Waals surface area contributed by atoms with E-state index in [-0.39, 0.29) is 12.6 Å². The molecule has 2 atom stereocenters. The molecule has 1 rings (SSSR count). The molecule has 0 saturated carbocycles. The summed E-state index contributed by atoms with van der Waals surface area (Å²) >= 11 is 0. The number of rotatable bonds is 6. The molecule has 5 heteroatoms. The lowest BCUT2D eigenvalue weighted by atomic mass is 10.0. The van der Waals surface area contributed by atoms with Crippen LogP contribution in [0.15, 0.2) is 24.3 Å². The van der Waals surface area contributed by atoms with E-state index < -0.39 is 12.5 Å². The monoisotopic (exact) mass is 259 g/mol. The van der Waals surface area contributed by atoms with Crippen molar-refractivity contribution in [3.05, 3.63) is 29.8 Å². The number of likely N-dealkylation sites (N-methyl/N-ethyl adjacent to an activating group) is 1. The SMILES string of the molecule is COc1ccc(C(O)C(C)N(C)CC(F)F)cc1. The van der Waals surface area contributed by atoms with Gasteiger partial charge in [-0.2, -0.15) is 0 Å². The summed E-state index contributed by atoms with van der Waals surface area (Å²) in [6, 6.07) is 6.55. The lowest BCUT2D eigenvalue weighted by molar-refractivity contribution is 0.0310. The van der Waals surface area contributed by atoms with Crippen LogP contribution in [0.4, 0.5) is 8.78 Å². The van der Waals surface area contributed by atoms with Gasteiger partial charge in [0.05, 0.1) is 19.8 Å². The second kappa shape index (κ2) is 6.66. The number of alkyl halides is 2. The number of hydrogen-bond donors (Lipinski definition) is 1. The number of hydrogen-bond acceptors (Lipinski definition) is 3. The third-order valence-electron chi connectivity index (χ3n) is 3.04. The van der Waals surface area contributed by atoms with Crippen molar-refractivity contribution in [2.45, 2.75) is 25.5 Å². The van der Waals surface area contributed by atoms with E-state index in [2.05, 4.69) is 0 Å². The summed E-state index contributed by atoms with van der Waals surface area (Å²) in [5.74, 6) is 0.694. The Balaban J connectivity index is 2.69. The van der Waals surface area contributed by atoms with Crippen molar-refractivity contribution >= 4 is 0 Å². The van der Waals surface area contributed by atoms with E-state index in [0.717, 1.165) is 0 Å². The molecule has 0 amide bonds. The maximum atomic E-state index is 12.3. The predicted molar refractivity (Wildman–Crippen MR) is 66.0 cm³/mol. The minimum Gasteiger partial charge on any atom is -0.497 e. The van der Waals surface area contributed by atoms with Gasteiger partial charge in [-0.3, -0.25) is 4.90 Å². The molecular formula is C13H19F2NO2. The van der Waals surface area contributed by atoms with Gasteiger partial charge in [0.1, 0.15) is 5.75 Å². The summed E-state index contributed by atoms with van der Waals surface area (Å²) < 4.78 is 29.6. The van der Waals surface area contributed by atoms with Crippen LogP contribution in [0.2, 0.25) is 0 Å². The van der Waals surface area contributed by atoms with Gasteiger partial charge in [-0.25, -0.2) is 8.78 Å². The number of methoxy groups -OCH3 is 1. The van der Waals surface area contributed by atoms with Gasteiger partial charge < -0.3 is 9.84 Å². The highest BCUT2D eigenvalue weighted by atomic mass is 19.3. The van der Waals surface area contributed by atoms with E-state index in [1.54, 1.807) is 45.3 Å². The smallest absolute Gasteiger partial charge is 0.251 e. The standard InChI is InChI=1S/C13H19F2NO2/c1-9(16(2)8-12(14)15)13(17)10-4-6-11(18-3)7-5-10/h4-7,9,12-13,17H,8H2,1-3H3. The number of halogens is 2. The Morgan fingerprint density at radius 3 is 2.28 bits per heavy atom. The van der Waals surface area contributed by atoms with Crippen molar-refractivity contribution in [1.82, 2.24) is 4.90 Å². The molecule has 0 saturated heterocycles. The zero-order chi connectivity index (χ0) is 13.7. The normalized spacial score (nSPS) is 14.9. The fourth-order valence-corrected chi connectivity index (χ4v) is 1.70. The van der Waals surface area contributed by atoms with Crippen LogP contribution in [0, 0.1) is 0 Å². The molecular weight excluding hydrogens is 240 g/mol. The first-order valence-corrected chi connectivity index (χ1v) is 5.76. The van der Waals surface area contributed by atoms with E-state index in [4.69, 9.17) is 4.74 Å². The number of ether oxygens (including phenoxy) is 1. The fraction of sp³-hybridized carbons (Fsp3) is 0.538. The molecule has 3 nitrogen and oxygen atoms in total. The van der Waals surface area contributed by atoms with E-state index >= 15 is 0 Å². The Morgan fingerprint density at radius 1 is 1.28 bits per heavy atom. The lowest BCUT2D eigenvalue weighted by Gasteiger charge is -2.28. The minimum atomic E-state index is -2.40. The van der Waals surface area contributed by atoms with Crippen molar-refractivity contribution in [1.29, 1.82) is 0 Å². The number of aliphatic hydroxyl groups excluding tert-OH is 1. The summed E-state index contributed by atoms with van der Waals surface area (Å²) in [4.78, 5) is 1.44. The van der Waals surface area contributed by atoms with Gasteiger partial charge in [0, 0.05) is 6.04 Å². The Hall–Kier alpha value is -1.20. The third-order valence-corrected chi connectivity index (χ3v) is 3.04. The summed E-state index contributed by atoms with van der Waals surface area (Å²) in [6.07, 6.45) is -3.21. The molecule has 0 heterocycles. The van der Waals surface area contributed by atoms with Gasteiger partial charge >= 0.3 is 0 Å². The molecule has 0 spiro atoms. The van der Waals surface area contributed by atoms with E-state index in [0.29, 0.717) is 11.3 Å². The molecule has 1 aromatic carbocycles. The van der Waals surface area contributed by atoms with Crippen LogP contribution in [-0.2, 0) is 0 Å². The minimum absolute atomic E-state index is 0.353. The fourth-order valence-electron chi connectivity index (χ4n) is 1.70. The van der Waals surface area contributed by atoms with Gasteiger partial charge in [0.15, 0.2) is 0 Å². The topological polar surface area (TPSA) is 32.7 Å². The van der Waals surface area contributed by atoms with Crippen molar-refractivity contribution in [3.8, 4) is 5.75 Å². The van der Waals surface area contributed by atoms with Gasteiger partial charge in [-0.15, -0.1) is 0 Å². The van der Waals surface area contributed by atoms with Crippen molar-refractivity contribution < 1.29 is 18.6 Å². The van der Waals surface area contributed by atoms with Gasteiger partial charge in [0.2, 0.25) is 0 Å². The summed E-state index contributed by atoms with van der Waals surface area (Å²) in [5, 5.41) is 10.1. The molecule has 0 radical (unpaired) electrons. The van der Waals surface area contributed by atoms with Gasteiger partial charge in [0.25, 0.3) is 6.43 Å². The lowest BCUT2D eigenvalue weighted by Crippen LogP contribution is -2.37. The molecule has 102 valence electrons. The van der Waals surface area contributed by atoms with Crippen LogP contribution in [0.3, 0.4) is 0 Å². The van der Waals surface area contributed by atoms with Gasteiger partial charge in [-0.1, -0.05) is 12.1 Å². The maximum absolute atomic E-state index is 12.3. The van der Waals surface area contributed by atoms with Crippen LogP contribution in [0.25, 0.3) is 0 Å². The van der Waals surface area contributed by atoms with E-state index in [9.17, 15) is 13.9 Å². The number of nitrogens with zero attached hydrogens (tertiary/aromatic N) is 1. The van der Waals surface area contributed by atoms with Crippen molar-refractivity contribution in [2.75, 3.05) is 20.7 Å². The Bertz CT molecular complexity index is 357. The molecule has 1 aromatic rings. The zero-order valence-electron chi connectivity index (χ0n) is 10.8. The highest BCUT2D eigenvalue weighted by Gasteiger charge is 2.22. The molecule has 18 heavy (non-hydrogen) atoms. The second-order valence-corrected chi connectivity index (χ2v) is 4.29. The first-order chi connectivity index (χ1) is 8.45. The average Bonchev–Trinajstić information content (AvgIpc) is 2.36. The highest BCUT2D eigenvalue weighted by Crippen LogP contribution is 2.22. The first kappa shape index (κ1) is 14.9. The van der Waals surface area contributed by atoms with Gasteiger partial charge in [-0.05, 0) is 31.7 Å². The van der Waals surface area contributed by atoms with Crippen LogP contribution in [-0.4, -0.2) is 43.2 Å². The van der Waals surface area contributed by atoms with Crippen molar-refractivity contribution in [3.63, 3.8) is 0 Å². The molecule has 0 bridgehead atoms. The molecule has 0 aliphatic carbocycles. The second-order valence-electron chi connectivity index (χ2n) is 4.29. The summed E-state index contributed by atoms with van der Waals surface area (Å²) in [5.41, 5.74) is 0.685. The number of benzene rings is 1. The van der Waals surface area contributed by atoms with Crippen LogP contribution >= 0.6 is 0 Å². The largest absolute Gasteiger partial charge is 0.497 e. The Labute approximate surface area is 106 Å². The first-order valence-electron chi connectivity index (χ1n) is 5.76. The van der Waals surface area contributed by atoms with Crippen LogP contribution < -0.4 is 4.74 Å². The predicted octanol–water partition coefficient (Wildman–Crippen LogP) is 2.31.